The molecule has 1 aliphatic carbocycles. The topological polar surface area (TPSA) is 130 Å². The Morgan fingerprint density at radius 2 is 1.83 bits per heavy atom. The number of Topliss-reactive ketones (excluding diaryl/α,β-unsaturated/α-hetero) is 1. The van der Waals surface area contributed by atoms with Crippen molar-refractivity contribution in [2.45, 2.75) is 25.5 Å². The fourth-order valence-electron chi connectivity index (χ4n) is 5.76. The molecule has 2 aromatic carbocycles. The van der Waals surface area contributed by atoms with Crippen molar-refractivity contribution in [1.82, 2.24) is 14.8 Å². The molecule has 3 heterocycles. The van der Waals surface area contributed by atoms with E-state index in [-0.39, 0.29) is 47.4 Å². The number of aryl methyl sites for hydroxylation is 1. The van der Waals surface area contributed by atoms with Gasteiger partial charge in [-0.3, -0.25) is 9.18 Å². The van der Waals surface area contributed by atoms with Gasteiger partial charge >= 0.3 is 0 Å². The highest BCUT2D eigenvalue weighted by Gasteiger charge is 2.28. The number of alkyl halides is 1. The predicted molar refractivity (Wildman–Crippen MR) is 171 cm³/mol. The predicted octanol–water partition coefficient (Wildman–Crippen LogP) is 5.16. The number of ether oxygens (including phenoxy) is 2. The molecule has 1 fully saturated rings. The number of sulfone groups is 1. The van der Waals surface area contributed by atoms with Gasteiger partial charge in [0.15, 0.2) is 27.3 Å². The standard InChI is InChI=1S/C33H32F3N5O5S/c1-20-12-30(46-32-26(35)4-2-5-27(32)36)38-18-29(20)41-33(37)25(17-39-41)31(42)23-13-21-15-24(19-47(43,44)11-3-6-34)28(16-22(21)14-23)40-7-9-45-10-8-40/h2,4-5,12,14-18H,3,6-11,13,19,37H2,1H3. The third kappa shape index (κ3) is 6.74. The first-order valence-corrected chi connectivity index (χ1v) is 16.8. The molecule has 0 radical (unpaired) electrons. The number of halogens is 3. The third-order valence-electron chi connectivity index (χ3n) is 8.12. The number of aromatic nitrogens is 3. The van der Waals surface area contributed by atoms with Crippen LogP contribution in [0.2, 0.25) is 0 Å². The number of nitrogen functional groups attached to an aromatic ring is 1. The Labute approximate surface area is 269 Å². The van der Waals surface area contributed by atoms with Gasteiger partial charge in [-0.1, -0.05) is 12.1 Å². The average molecular weight is 668 g/mol. The maximum Gasteiger partial charge on any atom is 0.219 e. The fraction of sp³-hybridized carbons (Fsp3) is 0.303. The van der Waals surface area contributed by atoms with Crippen molar-refractivity contribution in [3.05, 3.63) is 93.8 Å². The summed E-state index contributed by atoms with van der Waals surface area (Å²) in [5, 5.41) is 4.32. The second kappa shape index (κ2) is 13.2. The molecule has 2 aromatic heterocycles. The second-order valence-electron chi connectivity index (χ2n) is 11.4. The number of carbonyl (C=O) groups excluding carboxylic acids is 1. The lowest BCUT2D eigenvalue weighted by Crippen LogP contribution is -2.37. The van der Waals surface area contributed by atoms with Crippen molar-refractivity contribution >= 4 is 33.2 Å². The number of anilines is 2. The van der Waals surface area contributed by atoms with Crippen LogP contribution in [-0.2, 0) is 26.7 Å². The first-order valence-electron chi connectivity index (χ1n) is 15.0. The van der Waals surface area contributed by atoms with E-state index in [9.17, 15) is 26.4 Å². The van der Waals surface area contributed by atoms with Gasteiger partial charge in [0.1, 0.15) is 5.82 Å². The molecular weight excluding hydrogens is 635 g/mol. The van der Waals surface area contributed by atoms with Crippen molar-refractivity contribution in [3.63, 3.8) is 0 Å². The SMILES string of the molecule is Cc1cc(Oc2c(F)cccc2F)ncc1-n1ncc(C(=O)C2=Cc3cc(N4CCOCC4)c(CS(=O)(=O)CCCF)cc3C2)c1N. The van der Waals surface area contributed by atoms with Crippen molar-refractivity contribution in [2.75, 3.05) is 49.4 Å². The van der Waals surface area contributed by atoms with Crippen molar-refractivity contribution < 1.29 is 35.9 Å². The van der Waals surface area contributed by atoms with Gasteiger partial charge in [-0.2, -0.15) is 5.10 Å². The third-order valence-corrected chi connectivity index (χ3v) is 9.78. The van der Waals surface area contributed by atoms with Gasteiger partial charge in [0, 0.05) is 36.8 Å². The molecule has 2 aliphatic rings. The summed E-state index contributed by atoms with van der Waals surface area (Å²) in [4.78, 5) is 20.0. The summed E-state index contributed by atoms with van der Waals surface area (Å²) in [7, 11) is -3.56. The number of hydrogen-bond acceptors (Lipinski definition) is 9. The summed E-state index contributed by atoms with van der Waals surface area (Å²) in [6.45, 7) is 3.18. The van der Waals surface area contributed by atoms with E-state index in [2.05, 4.69) is 15.0 Å². The van der Waals surface area contributed by atoms with Crippen molar-refractivity contribution in [1.29, 1.82) is 0 Å². The number of nitrogens with zero attached hydrogens (tertiary/aromatic N) is 4. The molecule has 0 amide bonds. The lowest BCUT2D eigenvalue weighted by atomic mass is 10.0. The number of carbonyl (C=O) groups is 1. The highest BCUT2D eigenvalue weighted by Crippen LogP contribution is 2.36. The molecular formula is C33H32F3N5O5S. The van der Waals surface area contributed by atoms with Crippen LogP contribution in [0, 0.1) is 18.6 Å². The van der Waals surface area contributed by atoms with E-state index in [4.69, 9.17) is 15.2 Å². The molecule has 10 nitrogen and oxygen atoms in total. The monoisotopic (exact) mass is 667 g/mol. The molecule has 0 spiro atoms. The van der Waals surface area contributed by atoms with Crippen LogP contribution in [-0.4, -0.2) is 67.7 Å². The molecule has 4 aromatic rings. The smallest absolute Gasteiger partial charge is 0.219 e. The van der Waals surface area contributed by atoms with E-state index in [1.54, 1.807) is 13.0 Å². The van der Waals surface area contributed by atoms with Crippen LogP contribution in [0.5, 0.6) is 11.6 Å². The molecule has 6 rings (SSSR count). The van der Waals surface area contributed by atoms with Crippen molar-refractivity contribution in [2.24, 2.45) is 0 Å². The zero-order valence-electron chi connectivity index (χ0n) is 25.5. The van der Waals surface area contributed by atoms with Crippen LogP contribution in [0.25, 0.3) is 11.8 Å². The largest absolute Gasteiger partial charge is 0.433 e. The number of ketones is 1. The molecule has 0 atom stereocenters. The van der Waals surface area contributed by atoms with E-state index in [1.165, 1.54) is 29.2 Å². The van der Waals surface area contributed by atoms with Gasteiger partial charge in [0.2, 0.25) is 11.6 Å². The summed E-state index contributed by atoms with van der Waals surface area (Å²) in [6, 6.07) is 8.57. The quantitative estimate of drug-likeness (QED) is 0.216. The lowest BCUT2D eigenvalue weighted by Gasteiger charge is -2.31. The van der Waals surface area contributed by atoms with Crippen molar-refractivity contribution in [3.8, 4) is 17.3 Å². The molecule has 0 unspecified atom stereocenters. The minimum absolute atomic E-state index is 0.0443. The molecule has 1 saturated heterocycles. The normalized spacial score (nSPS) is 14.6. The molecule has 2 N–H and O–H groups in total. The number of fused-ring (bicyclic) bond motifs is 1. The number of nitrogens with two attached hydrogens (primary N) is 1. The van der Waals surface area contributed by atoms with Crippen LogP contribution in [0.1, 0.15) is 39.0 Å². The van der Waals surface area contributed by atoms with Gasteiger partial charge < -0.3 is 20.1 Å². The maximum absolute atomic E-state index is 14.1. The Morgan fingerprint density at radius 3 is 2.53 bits per heavy atom. The molecule has 1 aliphatic heterocycles. The first-order chi connectivity index (χ1) is 22.5. The lowest BCUT2D eigenvalue weighted by molar-refractivity contribution is 0.103. The minimum Gasteiger partial charge on any atom is -0.433 e. The first kappa shape index (κ1) is 32.3. The minimum atomic E-state index is -3.56. The number of hydrogen-bond donors (Lipinski definition) is 1. The fourth-order valence-corrected chi connectivity index (χ4v) is 7.16. The Kier molecular flexibility index (Phi) is 9.06. The zero-order chi connectivity index (χ0) is 33.3. The van der Waals surface area contributed by atoms with Crippen LogP contribution in [0.15, 0.2) is 54.4 Å². The summed E-state index contributed by atoms with van der Waals surface area (Å²) in [5.41, 5.74) is 11.0. The second-order valence-corrected chi connectivity index (χ2v) is 13.6. The van der Waals surface area contributed by atoms with E-state index in [1.807, 2.05) is 12.1 Å². The zero-order valence-corrected chi connectivity index (χ0v) is 26.3. The van der Waals surface area contributed by atoms with E-state index in [0.717, 1.165) is 28.9 Å². The van der Waals surface area contributed by atoms with Gasteiger partial charge in [0.05, 0.1) is 55.0 Å². The van der Waals surface area contributed by atoms with Crippen LogP contribution in [0.4, 0.5) is 24.7 Å². The number of para-hydroxylation sites is 1. The van der Waals surface area contributed by atoms with Gasteiger partial charge in [-0.15, -0.1) is 0 Å². The molecule has 246 valence electrons. The summed E-state index contributed by atoms with van der Waals surface area (Å²) in [5.74, 6) is -3.11. The van der Waals surface area contributed by atoms with E-state index >= 15 is 0 Å². The maximum atomic E-state index is 14.1. The molecule has 0 bridgehead atoms. The molecule has 47 heavy (non-hydrogen) atoms. The highest BCUT2D eigenvalue weighted by atomic mass is 32.2. The Bertz CT molecular complexity index is 1970. The Hall–Kier alpha value is -4.69. The number of morpholine rings is 1. The van der Waals surface area contributed by atoms with Crippen LogP contribution < -0.4 is 15.4 Å². The Morgan fingerprint density at radius 1 is 1.09 bits per heavy atom. The van der Waals surface area contributed by atoms with E-state index < -0.39 is 33.9 Å². The average Bonchev–Trinajstić information content (AvgIpc) is 3.64. The van der Waals surface area contributed by atoms with Crippen LogP contribution >= 0.6 is 0 Å². The summed E-state index contributed by atoms with van der Waals surface area (Å²) >= 11 is 0. The van der Waals surface area contributed by atoms with Gasteiger partial charge in [-0.25, -0.2) is 26.9 Å². The van der Waals surface area contributed by atoms with E-state index in [0.29, 0.717) is 48.7 Å². The highest BCUT2D eigenvalue weighted by molar-refractivity contribution is 7.90. The summed E-state index contributed by atoms with van der Waals surface area (Å²) in [6.07, 6.45) is 4.72. The molecule has 0 saturated carbocycles. The summed E-state index contributed by atoms with van der Waals surface area (Å²) < 4.78 is 78.7. The van der Waals surface area contributed by atoms with Gasteiger partial charge in [-0.05, 0) is 59.9 Å². The van der Waals surface area contributed by atoms with Crippen LogP contribution in [0.3, 0.4) is 0 Å². The molecule has 14 heteroatoms. The Balaban J connectivity index is 1.25. The number of rotatable bonds is 11. The number of benzene rings is 2. The van der Waals surface area contributed by atoms with Gasteiger partial charge in [0.25, 0.3) is 0 Å². The number of pyridine rings is 1. The number of allylic oxidation sites excluding steroid dienone is 1.